The Kier molecular flexibility index (Phi) is 6.08. The number of nitrogens with one attached hydrogen (secondary N) is 1. The van der Waals surface area contributed by atoms with E-state index in [1.165, 1.54) is 18.2 Å². The fourth-order valence-corrected chi connectivity index (χ4v) is 2.04. The third kappa shape index (κ3) is 4.67. The largest absolute Gasteiger partial charge is 0.491 e. The van der Waals surface area contributed by atoms with Crippen molar-refractivity contribution in [3.63, 3.8) is 0 Å². The first kappa shape index (κ1) is 17.2. The maximum absolute atomic E-state index is 12.1. The number of carbonyl (C=O) groups excluding carboxylic acids is 1. The monoisotopic (exact) mass is 326 g/mol. The molecule has 0 aliphatic rings. The molecule has 24 heavy (non-hydrogen) atoms. The summed E-state index contributed by atoms with van der Waals surface area (Å²) in [6, 6.07) is 13.4. The van der Waals surface area contributed by atoms with Crippen LogP contribution in [0.15, 0.2) is 54.6 Å². The minimum Gasteiger partial charge on any atom is -0.491 e. The van der Waals surface area contributed by atoms with Crippen molar-refractivity contribution < 1.29 is 14.5 Å². The maximum atomic E-state index is 12.1. The van der Waals surface area contributed by atoms with E-state index in [1.807, 2.05) is 13.0 Å². The third-order valence-electron chi connectivity index (χ3n) is 3.15. The van der Waals surface area contributed by atoms with Gasteiger partial charge in [-0.3, -0.25) is 14.9 Å². The number of carbonyl (C=O) groups is 1. The second-order valence-electron chi connectivity index (χ2n) is 4.98. The van der Waals surface area contributed by atoms with Crippen LogP contribution in [0, 0.1) is 10.1 Å². The van der Waals surface area contributed by atoms with Gasteiger partial charge in [-0.05, 0) is 30.7 Å². The summed E-state index contributed by atoms with van der Waals surface area (Å²) in [5.41, 5.74) is 0.879. The maximum Gasteiger partial charge on any atom is 0.276 e. The summed E-state index contributed by atoms with van der Waals surface area (Å²) in [4.78, 5) is 22.5. The Bertz CT molecular complexity index is 756. The molecule has 0 unspecified atom stereocenters. The molecule has 2 rings (SSSR count). The number of nitrogens with zero attached hydrogens (tertiary/aromatic N) is 1. The second kappa shape index (κ2) is 8.47. The van der Waals surface area contributed by atoms with Gasteiger partial charge in [0.25, 0.3) is 5.69 Å². The molecule has 0 aliphatic heterocycles. The number of nitro benzene ring substituents is 1. The Balaban J connectivity index is 2.10. The quantitative estimate of drug-likeness (QED) is 0.473. The molecule has 6 heteroatoms. The number of nitro groups is 1. The van der Waals surface area contributed by atoms with E-state index in [0.29, 0.717) is 23.6 Å². The van der Waals surface area contributed by atoms with Gasteiger partial charge in [-0.25, -0.2) is 0 Å². The predicted octanol–water partition coefficient (Wildman–Crippen LogP) is 4.04. The SMILES string of the molecule is CCCOc1ccccc1NC(=O)/C=C/c1ccccc1[N+](=O)[O-]. The number of ether oxygens (including phenoxy) is 1. The average molecular weight is 326 g/mol. The van der Waals surface area contributed by atoms with Crippen molar-refractivity contribution in [3.05, 3.63) is 70.3 Å². The lowest BCUT2D eigenvalue weighted by atomic mass is 10.1. The van der Waals surface area contributed by atoms with Crippen molar-refractivity contribution in [1.82, 2.24) is 0 Å². The fraction of sp³-hybridized carbons (Fsp3) is 0.167. The van der Waals surface area contributed by atoms with Crippen LogP contribution >= 0.6 is 0 Å². The molecular weight excluding hydrogens is 308 g/mol. The molecule has 6 nitrogen and oxygen atoms in total. The van der Waals surface area contributed by atoms with Crippen LogP contribution in [0.4, 0.5) is 11.4 Å². The summed E-state index contributed by atoms with van der Waals surface area (Å²) in [5, 5.41) is 13.7. The van der Waals surface area contributed by atoms with Crippen molar-refractivity contribution in [2.45, 2.75) is 13.3 Å². The summed E-state index contributed by atoms with van der Waals surface area (Å²) in [6.07, 6.45) is 3.54. The molecule has 0 radical (unpaired) electrons. The fourth-order valence-electron chi connectivity index (χ4n) is 2.04. The summed E-state index contributed by atoms with van der Waals surface area (Å²) >= 11 is 0. The molecule has 0 saturated carbocycles. The van der Waals surface area contributed by atoms with Gasteiger partial charge in [0.2, 0.25) is 5.91 Å². The standard InChI is InChI=1S/C18H18N2O4/c1-2-13-24-17-10-6-4-8-15(17)19-18(21)12-11-14-7-3-5-9-16(14)20(22)23/h3-12H,2,13H2,1H3,(H,19,21)/b12-11+. The Hall–Kier alpha value is -3.15. The lowest BCUT2D eigenvalue weighted by Gasteiger charge is -2.10. The molecule has 0 aliphatic carbocycles. The zero-order chi connectivity index (χ0) is 17.4. The molecule has 124 valence electrons. The van der Waals surface area contributed by atoms with Gasteiger partial charge >= 0.3 is 0 Å². The van der Waals surface area contributed by atoms with E-state index in [2.05, 4.69) is 5.32 Å². The van der Waals surface area contributed by atoms with Crippen LogP contribution in [0.5, 0.6) is 5.75 Å². The van der Waals surface area contributed by atoms with Gasteiger partial charge in [0.05, 0.1) is 22.8 Å². The Morgan fingerprint density at radius 2 is 1.92 bits per heavy atom. The number of para-hydroxylation sites is 3. The summed E-state index contributed by atoms with van der Waals surface area (Å²) in [7, 11) is 0. The summed E-state index contributed by atoms with van der Waals surface area (Å²) in [5.74, 6) is 0.201. The van der Waals surface area contributed by atoms with Gasteiger partial charge in [-0.2, -0.15) is 0 Å². The second-order valence-corrected chi connectivity index (χ2v) is 4.98. The van der Waals surface area contributed by atoms with Crippen molar-refractivity contribution in [3.8, 4) is 5.75 Å². The molecule has 2 aromatic carbocycles. The molecule has 0 aromatic heterocycles. The van der Waals surface area contributed by atoms with Gasteiger partial charge in [0, 0.05) is 12.1 Å². The zero-order valence-electron chi connectivity index (χ0n) is 13.3. The number of hydrogen-bond acceptors (Lipinski definition) is 4. The molecule has 0 bridgehead atoms. The van der Waals surface area contributed by atoms with E-state index >= 15 is 0 Å². The van der Waals surface area contributed by atoms with E-state index in [-0.39, 0.29) is 11.6 Å². The molecular formula is C18H18N2O4. The molecule has 1 N–H and O–H groups in total. The van der Waals surface area contributed by atoms with Gasteiger partial charge < -0.3 is 10.1 Å². The Morgan fingerprint density at radius 3 is 2.67 bits per heavy atom. The molecule has 1 amide bonds. The first-order valence-electron chi connectivity index (χ1n) is 7.56. The number of anilines is 1. The third-order valence-corrected chi connectivity index (χ3v) is 3.15. The molecule has 0 saturated heterocycles. The Morgan fingerprint density at radius 1 is 1.21 bits per heavy atom. The van der Waals surface area contributed by atoms with E-state index in [9.17, 15) is 14.9 Å². The Labute approximate surface area is 139 Å². The van der Waals surface area contributed by atoms with Gasteiger partial charge in [-0.15, -0.1) is 0 Å². The normalized spacial score (nSPS) is 10.5. The molecule has 0 fully saturated rings. The lowest BCUT2D eigenvalue weighted by molar-refractivity contribution is -0.385. The molecule has 0 atom stereocenters. The average Bonchev–Trinajstić information content (AvgIpc) is 2.59. The summed E-state index contributed by atoms with van der Waals surface area (Å²) < 4.78 is 5.57. The highest BCUT2D eigenvalue weighted by molar-refractivity contribution is 6.03. The topological polar surface area (TPSA) is 81.5 Å². The minimum atomic E-state index is -0.481. The highest BCUT2D eigenvalue weighted by Crippen LogP contribution is 2.24. The molecule has 2 aromatic rings. The van der Waals surface area contributed by atoms with Crippen LogP contribution < -0.4 is 10.1 Å². The highest BCUT2D eigenvalue weighted by Gasteiger charge is 2.10. The van der Waals surface area contributed by atoms with Gasteiger partial charge in [-0.1, -0.05) is 31.2 Å². The number of hydrogen-bond donors (Lipinski definition) is 1. The predicted molar refractivity (Wildman–Crippen MR) is 93.0 cm³/mol. The van der Waals surface area contributed by atoms with E-state index < -0.39 is 4.92 Å². The number of amides is 1. The van der Waals surface area contributed by atoms with Crippen LogP contribution in [0.25, 0.3) is 6.08 Å². The van der Waals surface area contributed by atoms with Crippen molar-refractivity contribution in [1.29, 1.82) is 0 Å². The molecule has 0 heterocycles. The lowest BCUT2D eigenvalue weighted by Crippen LogP contribution is -2.09. The van der Waals surface area contributed by atoms with Crippen LogP contribution in [-0.4, -0.2) is 17.4 Å². The number of benzene rings is 2. The highest BCUT2D eigenvalue weighted by atomic mass is 16.6. The van der Waals surface area contributed by atoms with Crippen molar-refractivity contribution in [2.24, 2.45) is 0 Å². The van der Waals surface area contributed by atoms with E-state index in [1.54, 1.807) is 36.4 Å². The van der Waals surface area contributed by atoms with E-state index in [0.717, 1.165) is 6.42 Å². The van der Waals surface area contributed by atoms with Crippen LogP contribution in [0.1, 0.15) is 18.9 Å². The van der Waals surface area contributed by atoms with Gasteiger partial charge in [0.1, 0.15) is 5.75 Å². The smallest absolute Gasteiger partial charge is 0.276 e. The van der Waals surface area contributed by atoms with Crippen molar-refractivity contribution >= 4 is 23.4 Å². The van der Waals surface area contributed by atoms with Crippen LogP contribution in [0.2, 0.25) is 0 Å². The van der Waals surface area contributed by atoms with E-state index in [4.69, 9.17) is 4.74 Å². The first-order valence-corrected chi connectivity index (χ1v) is 7.56. The zero-order valence-corrected chi connectivity index (χ0v) is 13.3. The summed E-state index contributed by atoms with van der Waals surface area (Å²) in [6.45, 7) is 2.55. The van der Waals surface area contributed by atoms with Crippen LogP contribution in [0.3, 0.4) is 0 Å². The van der Waals surface area contributed by atoms with Crippen molar-refractivity contribution in [2.75, 3.05) is 11.9 Å². The minimum absolute atomic E-state index is 0.0479. The first-order chi connectivity index (χ1) is 11.6. The van der Waals surface area contributed by atoms with Gasteiger partial charge in [0.15, 0.2) is 0 Å². The molecule has 0 spiro atoms. The number of rotatable bonds is 7. The van der Waals surface area contributed by atoms with Crippen LogP contribution in [-0.2, 0) is 4.79 Å².